The molecule has 1 atom stereocenters. The molecule has 0 spiro atoms. The third-order valence-electron chi connectivity index (χ3n) is 0.514. The summed E-state index contributed by atoms with van der Waals surface area (Å²) in [6.45, 7) is -0.505. The molecule has 0 saturated heterocycles. The third kappa shape index (κ3) is 4.15. The van der Waals surface area contributed by atoms with Crippen molar-refractivity contribution in [3.8, 4) is 0 Å². The van der Waals surface area contributed by atoms with Crippen LogP contribution in [0.15, 0.2) is 0 Å². The fourth-order valence-electron chi connectivity index (χ4n) is 0.0781. The minimum atomic E-state index is -1.18. The van der Waals surface area contributed by atoms with Crippen molar-refractivity contribution < 1.29 is 35.3 Å². The predicted molar refractivity (Wildman–Crippen MR) is 23.8 cm³/mol. The first-order valence-corrected chi connectivity index (χ1v) is 1.77. The fraction of sp³-hybridized carbons (Fsp3) is 0.667. The second kappa shape index (κ2) is 5.13. The Morgan fingerprint density at radius 3 is 2.25 bits per heavy atom. The van der Waals surface area contributed by atoms with Crippen molar-refractivity contribution in [1.29, 1.82) is 0 Å². The molecule has 0 aromatic rings. The summed E-state index contributed by atoms with van der Waals surface area (Å²) in [5.74, 6) is -1.18. The van der Waals surface area contributed by atoms with Gasteiger partial charge in [-0.2, -0.15) is 0 Å². The number of aliphatic hydroxyl groups excluding tert-OH is 1. The Labute approximate surface area is 60.3 Å². The van der Waals surface area contributed by atoms with E-state index in [4.69, 9.17) is 15.9 Å². The van der Waals surface area contributed by atoms with E-state index in [9.17, 15) is 4.79 Å². The van der Waals surface area contributed by atoms with E-state index >= 15 is 0 Å². The summed E-state index contributed by atoms with van der Waals surface area (Å²) in [4.78, 5) is 9.65. The Balaban J connectivity index is -0.000000180. The Kier molecular flexibility index (Phi) is 6.98. The molecule has 4 nitrogen and oxygen atoms in total. The van der Waals surface area contributed by atoms with Crippen LogP contribution in [0.2, 0.25) is 0 Å². The minimum absolute atomic E-state index is 0. The molecule has 0 saturated carbocycles. The van der Waals surface area contributed by atoms with E-state index in [-0.39, 0.29) is 20.3 Å². The van der Waals surface area contributed by atoms with Gasteiger partial charge in [0.1, 0.15) is 6.04 Å². The first-order valence-electron chi connectivity index (χ1n) is 1.77. The predicted octanol–water partition coefficient (Wildman–Crippen LogP) is -4.49. The van der Waals surface area contributed by atoms with Crippen LogP contribution in [-0.4, -0.2) is 28.8 Å². The maximum atomic E-state index is 9.65. The van der Waals surface area contributed by atoms with Gasteiger partial charge in [-0.15, -0.1) is 0 Å². The molecular weight excluding hydrogens is 105 g/mol. The number of aliphatic carboxylic acids is 1. The van der Waals surface area contributed by atoms with Crippen LogP contribution in [0.4, 0.5) is 0 Å². The number of rotatable bonds is 2. The summed E-state index contributed by atoms with van der Waals surface area (Å²) in [6, 6.07) is -1.13. The zero-order valence-corrected chi connectivity index (χ0v) is 4.66. The number of carbonyl (C=O) groups is 1. The summed E-state index contributed by atoms with van der Waals surface area (Å²) in [6.07, 6.45) is 0. The van der Waals surface area contributed by atoms with Crippen LogP contribution in [0, 0.1) is 0 Å². The van der Waals surface area contributed by atoms with Crippen LogP contribution in [0.1, 0.15) is 1.43 Å². The number of hydrogen-bond donors (Lipinski definition) is 3. The van der Waals surface area contributed by atoms with Crippen molar-refractivity contribution >= 4 is 5.97 Å². The maximum absolute atomic E-state index is 9.65. The minimum Gasteiger partial charge on any atom is -1.00 e. The summed E-state index contributed by atoms with van der Waals surface area (Å²) in [5.41, 5.74) is 4.77. The maximum Gasteiger partial charge on any atom is 1.00 e. The molecule has 4 N–H and O–H groups in total. The van der Waals surface area contributed by atoms with Crippen molar-refractivity contribution in [1.82, 2.24) is 0 Å². The topological polar surface area (TPSA) is 83.5 Å². The number of hydrogen-bond acceptors (Lipinski definition) is 3. The van der Waals surface area contributed by atoms with Crippen molar-refractivity contribution in [3.05, 3.63) is 0 Å². The van der Waals surface area contributed by atoms with Crippen LogP contribution >= 0.6 is 0 Å². The van der Waals surface area contributed by atoms with Gasteiger partial charge in [-0.1, -0.05) is 0 Å². The molecule has 8 heavy (non-hydrogen) atoms. The number of carboxylic acid groups (broad SMARTS) is 1. The van der Waals surface area contributed by atoms with Gasteiger partial charge in [-0.3, -0.25) is 4.79 Å². The second-order valence-electron chi connectivity index (χ2n) is 1.13. The van der Waals surface area contributed by atoms with E-state index in [0.717, 1.165) is 0 Å². The van der Waals surface area contributed by atoms with Crippen LogP contribution in [0.25, 0.3) is 0 Å². The SMILES string of the molecule is N[C@@H](CO)C(=O)O.[H-].[Li+]. The van der Waals surface area contributed by atoms with Gasteiger partial charge in [0.25, 0.3) is 0 Å². The van der Waals surface area contributed by atoms with Crippen LogP contribution in [0.5, 0.6) is 0 Å². The Morgan fingerprint density at radius 2 is 2.25 bits per heavy atom. The standard InChI is InChI=1S/C3H7NO3.Li.H/c4-2(1-5)3(6)7;;/h2,5H,1,4H2,(H,6,7);;/q;+1;-1/t2-;;/m0../s1. The van der Waals surface area contributed by atoms with Gasteiger partial charge in [0.15, 0.2) is 0 Å². The molecular formula is C3H8LiNO3. The monoisotopic (exact) mass is 113 g/mol. The molecule has 0 aliphatic carbocycles. The average molecular weight is 113 g/mol. The summed E-state index contributed by atoms with van der Waals surface area (Å²) >= 11 is 0. The van der Waals surface area contributed by atoms with Crippen LogP contribution in [0.3, 0.4) is 0 Å². The zero-order chi connectivity index (χ0) is 5.86. The third-order valence-corrected chi connectivity index (χ3v) is 0.514. The molecule has 0 aliphatic rings. The Hall–Kier alpha value is -0.0126. The molecule has 0 amide bonds. The fourth-order valence-corrected chi connectivity index (χ4v) is 0.0781. The van der Waals surface area contributed by atoms with Crippen molar-refractivity contribution in [2.24, 2.45) is 5.73 Å². The summed E-state index contributed by atoms with van der Waals surface area (Å²) < 4.78 is 0. The Bertz CT molecular complexity index is 81.5. The molecule has 0 aliphatic heterocycles. The zero-order valence-electron chi connectivity index (χ0n) is 5.66. The van der Waals surface area contributed by atoms with Gasteiger partial charge in [0, 0.05) is 0 Å². The van der Waals surface area contributed by atoms with Gasteiger partial charge in [0.05, 0.1) is 6.61 Å². The smallest absolute Gasteiger partial charge is 1.00 e. The molecule has 0 fully saturated rings. The van der Waals surface area contributed by atoms with E-state index in [1.165, 1.54) is 0 Å². The molecule has 0 rings (SSSR count). The van der Waals surface area contributed by atoms with Gasteiger partial charge >= 0.3 is 24.8 Å². The number of carboxylic acids is 1. The molecule has 0 unspecified atom stereocenters. The summed E-state index contributed by atoms with van der Waals surface area (Å²) in [5, 5.41) is 15.9. The molecule has 44 valence electrons. The van der Waals surface area contributed by atoms with E-state index in [2.05, 4.69) is 0 Å². The van der Waals surface area contributed by atoms with Gasteiger partial charge < -0.3 is 17.4 Å². The first-order chi connectivity index (χ1) is 3.18. The van der Waals surface area contributed by atoms with Crippen molar-refractivity contribution in [2.75, 3.05) is 6.61 Å². The van der Waals surface area contributed by atoms with Crippen LogP contribution < -0.4 is 24.6 Å². The van der Waals surface area contributed by atoms with E-state index in [1.807, 2.05) is 0 Å². The average Bonchev–Trinajstić information content (AvgIpc) is 1.65. The number of nitrogens with two attached hydrogens (primary N) is 1. The van der Waals surface area contributed by atoms with Crippen molar-refractivity contribution in [3.63, 3.8) is 0 Å². The van der Waals surface area contributed by atoms with E-state index in [1.54, 1.807) is 0 Å². The van der Waals surface area contributed by atoms with Gasteiger partial charge in [0.2, 0.25) is 0 Å². The second-order valence-corrected chi connectivity index (χ2v) is 1.13. The Morgan fingerprint density at radius 1 is 1.88 bits per heavy atom. The van der Waals surface area contributed by atoms with Crippen LogP contribution in [-0.2, 0) is 4.79 Å². The van der Waals surface area contributed by atoms with Gasteiger partial charge in [-0.05, 0) is 0 Å². The first kappa shape index (κ1) is 10.9. The molecule has 5 heteroatoms. The largest absolute Gasteiger partial charge is 1.00 e. The molecule has 0 aromatic heterocycles. The molecule has 0 bridgehead atoms. The molecule has 0 aromatic carbocycles. The molecule has 0 radical (unpaired) electrons. The summed E-state index contributed by atoms with van der Waals surface area (Å²) in [7, 11) is 0. The van der Waals surface area contributed by atoms with Gasteiger partial charge in [-0.25, -0.2) is 0 Å². The van der Waals surface area contributed by atoms with E-state index in [0.29, 0.717) is 0 Å². The normalized spacial score (nSPS) is 11.8. The van der Waals surface area contributed by atoms with E-state index < -0.39 is 18.6 Å². The quantitative estimate of drug-likeness (QED) is 0.315. The molecule has 0 heterocycles. The number of aliphatic hydroxyl groups is 1. The van der Waals surface area contributed by atoms with Crippen molar-refractivity contribution in [2.45, 2.75) is 6.04 Å².